The second kappa shape index (κ2) is 4.57. The van der Waals surface area contributed by atoms with Crippen LogP contribution in [-0.4, -0.2) is 33.4 Å². The van der Waals surface area contributed by atoms with Crippen molar-refractivity contribution in [1.82, 2.24) is 14.5 Å². The minimum absolute atomic E-state index is 0.00352. The second-order valence-corrected chi connectivity index (χ2v) is 4.29. The molecule has 17 heavy (non-hydrogen) atoms. The topological polar surface area (TPSA) is 75.2 Å². The molecule has 0 unspecified atom stereocenters. The van der Waals surface area contributed by atoms with E-state index in [1.165, 1.54) is 10.8 Å². The third-order valence-corrected chi connectivity index (χ3v) is 2.95. The summed E-state index contributed by atoms with van der Waals surface area (Å²) in [7, 11) is 0. The Morgan fingerprint density at radius 3 is 2.65 bits per heavy atom. The van der Waals surface area contributed by atoms with Gasteiger partial charge in [-0.25, -0.2) is 4.79 Å². The molecule has 0 atom stereocenters. The molecule has 0 aliphatic carbocycles. The van der Waals surface area contributed by atoms with Crippen molar-refractivity contribution in [1.29, 1.82) is 0 Å². The normalized spacial score (nSPS) is 15.2. The SMILES string of the molecule is Cc1cn(CC(=O)N2CCCC2)c(=O)[nH]c1=O. The first kappa shape index (κ1) is 11.6. The van der Waals surface area contributed by atoms with Gasteiger partial charge in [0, 0.05) is 24.8 Å². The van der Waals surface area contributed by atoms with Crippen LogP contribution in [0.1, 0.15) is 18.4 Å². The van der Waals surface area contributed by atoms with Crippen LogP contribution in [0.4, 0.5) is 0 Å². The number of hydrogen-bond donors (Lipinski definition) is 1. The quantitative estimate of drug-likeness (QED) is 0.751. The van der Waals surface area contributed by atoms with Gasteiger partial charge in [-0.15, -0.1) is 0 Å². The largest absolute Gasteiger partial charge is 0.341 e. The van der Waals surface area contributed by atoms with E-state index < -0.39 is 11.2 Å². The molecule has 1 amide bonds. The molecule has 0 aromatic carbocycles. The Balaban J connectivity index is 2.18. The number of rotatable bonds is 2. The summed E-state index contributed by atoms with van der Waals surface area (Å²) in [5.41, 5.74) is -0.508. The molecule has 0 saturated carbocycles. The van der Waals surface area contributed by atoms with Gasteiger partial charge in [-0.05, 0) is 19.8 Å². The Morgan fingerprint density at radius 2 is 2.00 bits per heavy atom. The Bertz CT molecular complexity index is 538. The van der Waals surface area contributed by atoms with Gasteiger partial charge in [0.05, 0.1) is 0 Å². The molecule has 1 aromatic heterocycles. The predicted molar refractivity (Wildman–Crippen MR) is 61.9 cm³/mol. The zero-order valence-electron chi connectivity index (χ0n) is 9.73. The van der Waals surface area contributed by atoms with Crippen molar-refractivity contribution < 1.29 is 4.79 Å². The van der Waals surface area contributed by atoms with E-state index in [4.69, 9.17) is 0 Å². The fraction of sp³-hybridized carbons (Fsp3) is 0.545. The molecule has 0 spiro atoms. The van der Waals surface area contributed by atoms with Crippen LogP contribution in [0.15, 0.2) is 15.8 Å². The van der Waals surface area contributed by atoms with Crippen LogP contribution >= 0.6 is 0 Å². The molecule has 1 fully saturated rings. The van der Waals surface area contributed by atoms with Gasteiger partial charge >= 0.3 is 5.69 Å². The van der Waals surface area contributed by atoms with E-state index in [0.717, 1.165) is 25.9 Å². The molecule has 6 nitrogen and oxygen atoms in total. The van der Waals surface area contributed by atoms with Crippen molar-refractivity contribution in [2.24, 2.45) is 0 Å². The van der Waals surface area contributed by atoms with E-state index in [9.17, 15) is 14.4 Å². The highest BCUT2D eigenvalue weighted by Gasteiger charge is 2.18. The number of nitrogens with one attached hydrogen (secondary N) is 1. The molecule has 2 rings (SSSR count). The number of aryl methyl sites for hydroxylation is 1. The van der Waals surface area contributed by atoms with E-state index in [1.54, 1.807) is 11.8 Å². The lowest BCUT2D eigenvalue weighted by Gasteiger charge is -2.15. The highest BCUT2D eigenvalue weighted by atomic mass is 16.2. The maximum atomic E-state index is 11.8. The second-order valence-electron chi connectivity index (χ2n) is 4.29. The molecule has 2 heterocycles. The average Bonchev–Trinajstić information content (AvgIpc) is 2.79. The van der Waals surface area contributed by atoms with Crippen LogP contribution in [0.25, 0.3) is 0 Å². The molecule has 1 aliphatic rings. The third kappa shape index (κ3) is 2.46. The molecule has 0 bridgehead atoms. The number of nitrogens with zero attached hydrogens (tertiary/aromatic N) is 2. The van der Waals surface area contributed by atoms with Gasteiger partial charge in [0.25, 0.3) is 5.56 Å². The first-order chi connectivity index (χ1) is 8.08. The van der Waals surface area contributed by atoms with E-state index in [1.807, 2.05) is 0 Å². The average molecular weight is 237 g/mol. The van der Waals surface area contributed by atoms with Gasteiger partial charge in [0.1, 0.15) is 6.54 Å². The predicted octanol–water partition coefficient (Wildman–Crippen LogP) is -0.533. The summed E-state index contributed by atoms with van der Waals surface area (Å²) in [4.78, 5) is 38.4. The number of aromatic amines is 1. The van der Waals surface area contributed by atoms with Crippen molar-refractivity contribution in [2.75, 3.05) is 13.1 Å². The summed E-state index contributed by atoms with van der Waals surface area (Å²) in [5.74, 6) is -0.0731. The number of hydrogen-bond acceptors (Lipinski definition) is 3. The van der Waals surface area contributed by atoms with Crippen molar-refractivity contribution >= 4 is 5.91 Å². The first-order valence-electron chi connectivity index (χ1n) is 5.66. The van der Waals surface area contributed by atoms with Crippen LogP contribution < -0.4 is 11.2 Å². The molecule has 1 aliphatic heterocycles. The molecule has 1 N–H and O–H groups in total. The lowest BCUT2D eigenvalue weighted by Crippen LogP contribution is -2.37. The van der Waals surface area contributed by atoms with Crippen LogP contribution in [0.2, 0.25) is 0 Å². The lowest BCUT2D eigenvalue weighted by atomic mass is 10.4. The summed E-state index contributed by atoms with van der Waals surface area (Å²) in [5, 5.41) is 0. The molecular formula is C11H15N3O3. The van der Waals surface area contributed by atoms with Crippen LogP contribution in [0, 0.1) is 6.92 Å². The summed E-state index contributed by atoms with van der Waals surface area (Å²) in [6.45, 7) is 3.12. The van der Waals surface area contributed by atoms with Gasteiger partial charge in [-0.3, -0.25) is 19.1 Å². The molecular weight excluding hydrogens is 222 g/mol. The molecule has 1 aromatic rings. The number of amides is 1. The third-order valence-electron chi connectivity index (χ3n) is 2.95. The monoisotopic (exact) mass is 237 g/mol. The fourth-order valence-electron chi connectivity index (χ4n) is 1.95. The van der Waals surface area contributed by atoms with Crippen molar-refractivity contribution in [3.05, 3.63) is 32.6 Å². The first-order valence-corrected chi connectivity index (χ1v) is 5.66. The molecule has 92 valence electrons. The molecule has 6 heteroatoms. The summed E-state index contributed by atoms with van der Waals surface area (Å²) >= 11 is 0. The highest BCUT2D eigenvalue weighted by Crippen LogP contribution is 2.07. The van der Waals surface area contributed by atoms with Crippen LogP contribution in [0.5, 0.6) is 0 Å². The van der Waals surface area contributed by atoms with Gasteiger partial charge in [0.2, 0.25) is 5.91 Å². The number of likely N-dealkylation sites (tertiary alicyclic amines) is 1. The Labute approximate surface area is 97.9 Å². The van der Waals surface area contributed by atoms with Crippen molar-refractivity contribution in [3.8, 4) is 0 Å². The zero-order chi connectivity index (χ0) is 12.4. The van der Waals surface area contributed by atoms with Crippen molar-refractivity contribution in [2.45, 2.75) is 26.3 Å². The summed E-state index contributed by atoms with van der Waals surface area (Å²) < 4.78 is 1.25. The van der Waals surface area contributed by atoms with Crippen LogP contribution in [-0.2, 0) is 11.3 Å². The van der Waals surface area contributed by atoms with Crippen LogP contribution in [0.3, 0.4) is 0 Å². The maximum Gasteiger partial charge on any atom is 0.328 e. The number of carbonyl (C=O) groups is 1. The van der Waals surface area contributed by atoms with Crippen molar-refractivity contribution in [3.63, 3.8) is 0 Å². The minimum atomic E-state index is -0.534. The van der Waals surface area contributed by atoms with E-state index in [2.05, 4.69) is 4.98 Å². The van der Waals surface area contributed by atoms with Gasteiger partial charge in [-0.2, -0.15) is 0 Å². The van der Waals surface area contributed by atoms with E-state index in [-0.39, 0.29) is 12.5 Å². The minimum Gasteiger partial charge on any atom is -0.341 e. The van der Waals surface area contributed by atoms with Gasteiger partial charge in [-0.1, -0.05) is 0 Å². The number of aromatic nitrogens is 2. The Morgan fingerprint density at radius 1 is 1.35 bits per heavy atom. The highest BCUT2D eigenvalue weighted by molar-refractivity contribution is 5.76. The molecule has 0 radical (unpaired) electrons. The standard InChI is InChI=1S/C11H15N3O3/c1-8-6-14(11(17)12-10(8)16)7-9(15)13-4-2-3-5-13/h6H,2-5,7H2,1H3,(H,12,16,17). The Hall–Kier alpha value is -1.85. The van der Waals surface area contributed by atoms with Gasteiger partial charge in [0.15, 0.2) is 0 Å². The smallest absolute Gasteiger partial charge is 0.328 e. The lowest BCUT2D eigenvalue weighted by molar-refractivity contribution is -0.130. The zero-order valence-corrected chi connectivity index (χ0v) is 9.73. The number of H-pyrrole nitrogens is 1. The van der Waals surface area contributed by atoms with E-state index >= 15 is 0 Å². The maximum absolute atomic E-state index is 11.8. The van der Waals surface area contributed by atoms with E-state index in [0.29, 0.717) is 5.56 Å². The summed E-state index contributed by atoms with van der Waals surface area (Å²) in [6, 6.07) is 0. The molecule has 1 saturated heterocycles. The fourth-order valence-corrected chi connectivity index (χ4v) is 1.95. The van der Waals surface area contributed by atoms with Gasteiger partial charge < -0.3 is 4.90 Å². The number of carbonyl (C=O) groups excluding carboxylic acids is 1. The summed E-state index contributed by atoms with van der Waals surface area (Å²) in [6.07, 6.45) is 3.46. The Kier molecular flexibility index (Phi) is 3.12.